The maximum Gasteiger partial charge on any atom is 0.573 e. The number of rotatable bonds is 5. The maximum atomic E-state index is 12.3. The van der Waals surface area contributed by atoms with Crippen LogP contribution in [0.4, 0.5) is 13.2 Å². The second-order valence-corrected chi connectivity index (χ2v) is 4.46. The SMILES string of the molecule is CC(=O)C(Cl)c1cccc(OC(F)(F)F)c1C(O)C(=O)O. The van der Waals surface area contributed by atoms with Gasteiger partial charge in [-0.25, -0.2) is 4.79 Å². The first-order chi connectivity index (χ1) is 9.54. The number of carboxylic acid groups (broad SMARTS) is 1. The molecule has 0 aromatic heterocycles. The number of ketones is 1. The molecule has 0 fully saturated rings. The number of aliphatic hydroxyl groups excluding tert-OH is 1. The zero-order valence-electron chi connectivity index (χ0n) is 10.5. The van der Waals surface area contributed by atoms with Crippen molar-refractivity contribution in [3.05, 3.63) is 29.3 Å². The van der Waals surface area contributed by atoms with Gasteiger partial charge < -0.3 is 14.9 Å². The molecule has 1 rings (SSSR count). The van der Waals surface area contributed by atoms with Crippen molar-refractivity contribution in [1.29, 1.82) is 0 Å². The molecule has 0 aliphatic rings. The molecule has 2 N–H and O–H groups in total. The predicted octanol–water partition coefficient (Wildman–Crippen LogP) is 2.57. The summed E-state index contributed by atoms with van der Waals surface area (Å²) < 4.78 is 40.7. The Morgan fingerprint density at radius 2 is 1.90 bits per heavy atom. The molecule has 0 aliphatic heterocycles. The number of alkyl halides is 4. The van der Waals surface area contributed by atoms with Crippen molar-refractivity contribution in [1.82, 2.24) is 0 Å². The highest BCUT2D eigenvalue weighted by atomic mass is 35.5. The zero-order chi connectivity index (χ0) is 16.4. The van der Waals surface area contributed by atoms with Crippen LogP contribution in [0.5, 0.6) is 5.75 Å². The largest absolute Gasteiger partial charge is 0.573 e. The lowest BCUT2D eigenvalue weighted by Gasteiger charge is -2.20. The van der Waals surface area contributed by atoms with Gasteiger partial charge >= 0.3 is 12.3 Å². The highest BCUT2D eigenvalue weighted by molar-refractivity contribution is 6.31. The van der Waals surface area contributed by atoms with Crippen molar-refractivity contribution in [3.63, 3.8) is 0 Å². The van der Waals surface area contributed by atoms with Crippen molar-refractivity contribution in [2.75, 3.05) is 0 Å². The zero-order valence-corrected chi connectivity index (χ0v) is 11.3. The van der Waals surface area contributed by atoms with Gasteiger partial charge in [0.05, 0.1) is 0 Å². The van der Waals surface area contributed by atoms with Gasteiger partial charge in [0.2, 0.25) is 0 Å². The Balaban J connectivity index is 3.48. The third kappa shape index (κ3) is 4.33. The van der Waals surface area contributed by atoms with Crippen molar-refractivity contribution in [2.24, 2.45) is 0 Å². The number of carboxylic acids is 1. The van der Waals surface area contributed by atoms with Gasteiger partial charge in [0.1, 0.15) is 11.1 Å². The van der Waals surface area contributed by atoms with E-state index < -0.39 is 40.9 Å². The van der Waals surface area contributed by atoms with Crippen molar-refractivity contribution in [2.45, 2.75) is 24.8 Å². The average molecular weight is 327 g/mol. The molecule has 21 heavy (non-hydrogen) atoms. The fourth-order valence-corrected chi connectivity index (χ4v) is 1.82. The molecule has 5 nitrogen and oxygen atoms in total. The van der Waals surface area contributed by atoms with E-state index in [9.17, 15) is 27.9 Å². The average Bonchev–Trinajstić information content (AvgIpc) is 2.34. The third-order valence-corrected chi connectivity index (χ3v) is 3.01. The highest BCUT2D eigenvalue weighted by Crippen LogP contribution is 2.37. The minimum atomic E-state index is -5.09. The standard InChI is InChI=1S/C12H10ClF3O5/c1-5(17)9(13)6-3-2-4-7(21-12(14,15)16)8(6)10(18)11(19)20/h2-4,9-10,18H,1H3,(H,19,20). The molecule has 2 unspecified atom stereocenters. The molecule has 0 bridgehead atoms. The van der Waals surface area contributed by atoms with Gasteiger partial charge in [-0.05, 0) is 18.6 Å². The van der Waals surface area contributed by atoms with E-state index >= 15 is 0 Å². The Labute approximate surface area is 121 Å². The Kier molecular flexibility index (Phi) is 5.19. The summed E-state index contributed by atoms with van der Waals surface area (Å²) in [4.78, 5) is 22.1. The molecule has 0 radical (unpaired) electrons. The van der Waals surface area contributed by atoms with E-state index in [2.05, 4.69) is 4.74 Å². The van der Waals surface area contributed by atoms with Crippen LogP contribution in [0, 0.1) is 0 Å². The number of hydrogen-bond acceptors (Lipinski definition) is 4. The molecule has 116 valence electrons. The van der Waals surface area contributed by atoms with Crippen LogP contribution in [0.15, 0.2) is 18.2 Å². The molecule has 0 aliphatic carbocycles. The number of benzene rings is 1. The predicted molar refractivity (Wildman–Crippen MR) is 65.0 cm³/mol. The van der Waals surface area contributed by atoms with Gasteiger partial charge in [-0.3, -0.25) is 4.79 Å². The van der Waals surface area contributed by atoms with Crippen LogP contribution in [-0.2, 0) is 9.59 Å². The summed E-state index contributed by atoms with van der Waals surface area (Å²) in [5.74, 6) is -3.36. The normalized spacial score (nSPS) is 14.4. The van der Waals surface area contributed by atoms with E-state index in [1.165, 1.54) is 0 Å². The molecule has 0 amide bonds. The quantitative estimate of drug-likeness (QED) is 0.812. The molecule has 1 aromatic rings. The van der Waals surface area contributed by atoms with Crippen molar-refractivity contribution >= 4 is 23.4 Å². The first-order valence-electron chi connectivity index (χ1n) is 5.48. The van der Waals surface area contributed by atoms with Gasteiger partial charge in [-0.1, -0.05) is 12.1 Å². The summed E-state index contributed by atoms with van der Waals surface area (Å²) in [6.07, 6.45) is -7.41. The first kappa shape index (κ1) is 17.3. The van der Waals surface area contributed by atoms with E-state index in [1.807, 2.05) is 0 Å². The van der Waals surface area contributed by atoms with Crippen molar-refractivity contribution < 1.29 is 37.7 Å². The lowest BCUT2D eigenvalue weighted by molar-refractivity contribution is -0.275. The summed E-state index contributed by atoms with van der Waals surface area (Å²) in [5.41, 5.74) is -0.974. The second kappa shape index (κ2) is 6.31. The Morgan fingerprint density at radius 1 is 1.33 bits per heavy atom. The number of halogens is 4. The first-order valence-corrected chi connectivity index (χ1v) is 5.92. The highest BCUT2D eigenvalue weighted by Gasteiger charge is 2.36. The number of carbonyl (C=O) groups is 2. The number of hydrogen-bond donors (Lipinski definition) is 2. The number of aliphatic carboxylic acids is 1. The van der Waals surface area contributed by atoms with Gasteiger partial charge in [-0.15, -0.1) is 24.8 Å². The van der Waals surface area contributed by atoms with Crippen LogP contribution < -0.4 is 4.74 Å². The minimum Gasteiger partial charge on any atom is -0.479 e. The Hall–Kier alpha value is -1.80. The van der Waals surface area contributed by atoms with E-state index in [0.29, 0.717) is 0 Å². The summed E-state index contributed by atoms with van der Waals surface area (Å²) in [7, 11) is 0. The molecule has 0 saturated heterocycles. The van der Waals surface area contributed by atoms with Crippen LogP contribution in [0.1, 0.15) is 29.5 Å². The van der Waals surface area contributed by atoms with Crippen LogP contribution >= 0.6 is 11.6 Å². The monoisotopic (exact) mass is 326 g/mol. The van der Waals surface area contributed by atoms with E-state index in [0.717, 1.165) is 25.1 Å². The summed E-state index contributed by atoms with van der Waals surface area (Å²) >= 11 is 5.75. The van der Waals surface area contributed by atoms with Gasteiger partial charge in [-0.2, -0.15) is 0 Å². The summed E-state index contributed by atoms with van der Waals surface area (Å²) in [6, 6.07) is 3.07. The van der Waals surface area contributed by atoms with E-state index in [4.69, 9.17) is 16.7 Å². The Morgan fingerprint density at radius 3 is 2.33 bits per heavy atom. The topological polar surface area (TPSA) is 83.8 Å². The van der Waals surface area contributed by atoms with Crippen LogP contribution in [-0.4, -0.2) is 28.3 Å². The molecule has 0 saturated carbocycles. The van der Waals surface area contributed by atoms with Gasteiger partial charge in [0.15, 0.2) is 11.9 Å². The maximum absolute atomic E-state index is 12.3. The number of aliphatic hydroxyl groups is 1. The molecule has 0 spiro atoms. The Bertz CT molecular complexity index is 558. The summed E-state index contributed by atoms with van der Waals surface area (Å²) in [6.45, 7) is 1.08. The molecular weight excluding hydrogens is 317 g/mol. The molecule has 2 atom stereocenters. The number of carbonyl (C=O) groups excluding carboxylic acids is 1. The van der Waals surface area contributed by atoms with Crippen LogP contribution in [0.2, 0.25) is 0 Å². The summed E-state index contributed by atoms with van der Waals surface area (Å²) in [5, 5.41) is 16.9. The molecule has 0 heterocycles. The molecule has 9 heteroatoms. The third-order valence-electron chi connectivity index (χ3n) is 2.46. The molecular formula is C12H10ClF3O5. The van der Waals surface area contributed by atoms with Gasteiger partial charge in [0, 0.05) is 5.56 Å². The van der Waals surface area contributed by atoms with Crippen LogP contribution in [0.3, 0.4) is 0 Å². The smallest absolute Gasteiger partial charge is 0.479 e. The fourth-order valence-electron chi connectivity index (χ4n) is 1.63. The molecule has 1 aromatic carbocycles. The van der Waals surface area contributed by atoms with Gasteiger partial charge in [0.25, 0.3) is 0 Å². The second-order valence-electron chi connectivity index (χ2n) is 4.02. The van der Waals surface area contributed by atoms with E-state index in [-0.39, 0.29) is 5.56 Å². The van der Waals surface area contributed by atoms with E-state index in [1.54, 1.807) is 0 Å². The minimum absolute atomic E-state index is 0.263. The number of ether oxygens (including phenoxy) is 1. The lowest BCUT2D eigenvalue weighted by atomic mass is 9.97. The van der Waals surface area contributed by atoms with Crippen LogP contribution in [0.25, 0.3) is 0 Å². The lowest BCUT2D eigenvalue weighted by Crippen LogP contribution is -2.22. The number of Topliss-reactive ketones (excluding diaryl/α,β-unsaturated/α-hetero) is 1. The van der Waals surface area contributed by atoms with Crippen molar-refractivity contribution in [3.8, 4) is 5.75 Å². The fraction of sp³-hybridized carbons (Fsp3) is 0.333.